The fraction of sp³-hybridized carbons (Fsp3) is 0.269. The molecule has 2 aromatic heterocycles. The second-order valence-electron chi connectivity index (χ2n) is 8.33. The van der Waals surface area contributed by atoms with Gasteiger partial charge in [-0.2, -0.15) is 5.10 Å². The smallest absolute Gasteiger partial charge is 0.279 e. The van der Waals surface area contributed by atoms with Crippen LogP contribution in [0, 0.1) is 34.6 Å². The van der Waals surface area contributed by atoms with E-state index >= 15 is 0 Å². The molecule has 2 heterocycles. The molecule has 0 saturated heterocycles. The molecule has 0 saturated carbocycles. The van der Waals surface area contributed by atoms with Crippen molar-refractivity contribution in [1.82, 2.24) is 14.9 Å². The standard InChI is InChI=1S/C26H28N4O3/c1-16-10-11-23(18(3)12-16)32-15-22-20(5)33-29-25(22)26(31)27-24-13-19(4)30(28-24)14-21-9-7-6-8-17(21)2/h6-13H,14-15H2,1-5H3,(H,27,28,31). The van der Waals surface area contributed by atoms with Crippen LogP contribution in [0.4, 0.5) is 5.82 Å². The molecule has 2 aromatic carbocycles. The molecule has 7 nitrogen and oxygen atoms in total. The Hall–Kier alpha value is -3.87. The van der Waals surface area contributed by atoms with E-state index in [0.29, 0.717) is 23.7 Å². The summed E-state index contributed by atoms with van der Waals surface area (Å²) in [6, 6.07) is 16.0. The lowest BCUT2D eigenvalue weighted by Crippen LogP contribution is -2.16. The highest BCUT2D eigenvalue weighted by atomic mass is 16.5. The van der Waals surface area contributed by atoms with Crippen LogP contribution in [0.15, 0.2) is 53.1 Å². The van der Waals surface area contributed by atoms with E-state index in [4.69, 9.17) is 9.26 Å². The summed E-state index contributed by atoms with van der Waals surface area (Å²) >= 11 is 0. The molecule has 1 amide bonds. The number of nitrogens with zero attached hydrogens (tertiary/aromatic N) is 3. The van der Waals surface area contributed by atoms with Crippen LogP contribution in [0.2, 0.25) is 0 Å². The zero-order chi connectivity index (χ0) is 23.5. The Morgan fingerprint density at radius 2 is 1.82 bits per heavy atom. The van der Waals surface area contributed by atoms with Gasteiger partial charge in [-0.25, -0.2) is 0 Å². The minimum Gasteiger partial charge on any atom is -0.488 e. The third-order valence-electron chi connectivity index (χ3n) is 5.71. The topological polar surface area (TPSA) is 82.2 Å². The van der Waals surface area contributed by atoms with E-state index in [9.17, 15) is 4.79 Å². The van der Waals surface area contributed by atoms with Gasteiger partial charge in [-0.05, 0) is 57.4 Å². The van der Waals surface area contributed by atoms with Crippen LogP contribution in [0.3, 0.4) is 0 Å². The number of aryl methyl sites for hydroxylation is 5. The molecule has 7 heteroatoms. The van der Waals surface area contributed by atoms with Crippen LogP contribution >= 0.6 is 0 Å². The zero-order valence-electron chi connectivity index (χ0n) is 19.6. The van der Waals surface area contributed by atoms with E-state index in [-0.39, 0.29) is 18.2 Å². The number of nitrogens with one attached hydrogen (secondary N) is 1. The largest absolute Gasteiger partial charge is 0.488 e. The Bertz CT molecular complexity index is 1300. The van der Waals surface area contributed by atoms with Crippen LogP contribution in [0.1, 0.15) is 49.8 Å². The van der Waals surface area contributed by atoms with E-state index in [1.54, 1.807) is 6.92 Å². The monoisotopic (exact) mass is 444 g/mol. The summed E-state index contributed by atoms with van der Waals surface area (Å²) in [5, 5.41) is 11.4. The Morgan fingerprint density at radius 3 is 2.58 bits per heavy atom. The van der Waals surface area contributed by atoms with Gasteiger partial charge >= 0.3 is 0 Å². The minimum absolute atomic E-state index is 0.183. The van der Waals surface area contributed by atoms with Crippen molar-refractivity contribution in [1.29, 1.82) is 0 Å². The summed E-state index contributed by atoms with van der Waals surface area (Å²) in [6.07, 6.45) is 0. The number of carbonyl (C=O) groups is 1. The number of hydrogen-bond acceptors (Lipinski definition) is 5. The van der Waals surface area contributed by atoms with Crippen molar-refractivity contribution in [3.05, 3.63) is 93.5 Å². The van der Waals surface area contributed by atoms with Gasteiger partial charge < -0.3 is 14.6 Å². The first-order valence-electron chi connectivity index (χ1n) is 10.9. The van der Waals surface area contributed by atoms with Gasteiger partial charge in [0.25, 0.3) is 5.91 Å². The van der Waals surface area contributed by atoms with Gasteiger partial charge in [0.2, 0.25) is 0 Å². The van der Waals surface area contributed by atoms with Crippen molar-refractivity contribution in [2.45, 2.75) is 47.8 Å². The summed E-state index contributed by atoms with van der Waals surface area (Å²) < 4.78 is 13.1. The molecule has 0 bridgehead atoms. The van der Waals surface area contributed by atoms with Crippen molar-refractivity contribution in [2.24, 2.45) is 0 Å². The second-order valence-corrected chi connectivity index (χ2v) is 8.33. The van der Waals surface area contributed by atoms with Crippen LogP contribution in [0.5, 0.6) is 5.75 Å². The highest BCUT2D eigenvalue weighted by Gasteiger charge is 2.22. The van der Waals surface area contributed by atoms with Gasteiger partial charge in [0, 0.05) is 11.8 Å². The third-order valence-corrected chi connectivity index (χ3v) is 5.71. The number of aromatic nitrogens is 3. The van der Waals surface area contributed by atoms with E-state index in [2.05, 4.69) is 40.7 Å². The van der Waals surface area contributed by atoms with Gasteiger partial charge in [0.1, 0.15) is 18.1 Å². The molecule has 0 spiro atoms. The number of ether oxygens (including phenoxy) is 1. The van der Waals surface area contributed by atoms with Gasteiger partial charge in [-0.1, -0.05) is 47.1 Å². The molecule has 0 aliphatic rings. The first-order valence-corrected chi connectivity index (χ1v) is 10.9. The zero-order valence-corrected chi connectivity index (χ0v) is 19.6. The summed E-state index contributed by atoms with van der Waals surface area (Å²) in [5.74, 6) is 1.39. The van der Waals surface area contributed by atoms with E-state index < -0.39 is 0 Å². The van der Waals surface area contributed by atoms with Gasteiger partial charge in [0.05, 0.1) is 12.1 Å². The Kier molecular flexibility index (Phi) is 6.31. The van der Waals surface area contributed by atoms with E-state index in [0.717, 1.165) is 17.0 Å². The number of rotatable bonds is 7. The first kappa shape index (κ1) is 22.3. The van der Waals surface area contributed by atoms with Crippen LogP contribution in [0.25, 0.3) is 0 Å². The number of amides is 1. The van der Waals surface area contributed by atoms with Crippen LogP contribution in [-0.2, 0) is 13.2 Å². The quantitative estimate of drug-likeness (QED) is 0.419. The molecule has 4 rings (SSSR count). The first-order chi connectivity index (χ1) is 15.8. The number of carbonyl (C=O) groups excluding carboxylic acids is 1. The SMILES string of the molecule is Cc1ccc(OCc2c(C(=O)Nc3cc(C)n(Cc4ccccc4C)n3)noc2C)c(C)c1. The maximum atomic E-state index is 13.0. The molecular formula is C26H28N4O3. The summed E-state index contributed by atoms with van der Waals surface area (Å²) in [5.41, 5.74) is 6.34. The predicted octanol–water partition coefficient (Wildman–Crippen LogP) is 5.29. The number of benzene rings is 2. The molecule has 33 heavy (non-hydrogen) atoms. The van der Waals surface area contributed by atoms with Crippen molar-refractivity contribution >= 4 is 11.7 Å². The fourth-order valence-corrected chi connectivity index (χ4v) is 3.71. The molecule has 0 radical (unpaired) electrons. The molecular weight excluding hydrogens is 416 g/mol. The minimum atomic E-state index is -0.383. The average Bonchev–Trinajstić information content (AvgIpc) is 3.31. The second kappa shape index (κ2) is 9.32. The van der Waals surface area contributed by atoms with Gasteiger partial charge in [-0.3, -0.25) is 9.48 Å². The Labute approximate surface area is 193 Å². The Balaban J connectivity index is 1.48. The lowest BCUT2D eigenvalue weighted by molar-refractivity contribution is 0.101. The Morgan fingerprint density at radius 1 is 1.03 bits per heavy atom. The highest BCUT2D eigenvalue weighted by molar-refractivity contribution is 6.03. The van der Waals surface area contributed by atoms with Crippen molar-refractivity contribution in [3.63, 3.8) is 0 Å². The molecule has 1 N–H and O–H groups in total. The normalized spacial score (nSPS) is 10.9. The molecule has 0 aliphatic heterocycles. The van der Waals surface area contributed by atoms with Crippen LogP contribution < -0.4 is 10.1 Å². The highest BCUT2D eigenvalue weighted by Crippen LogP contribution is 2.23. The van der Waals surface area contributed by atoms with E-state index in [1.165, 1.54) is 16.7 Å². The summed E-state index contributed by atoms with van der Waals surface area (Å²) in [7, 11) is 0. The van der Waals surface area contributed by atoms with Crippen molar-refractivity contribution in [3.8, 4) is 5.75 Å². The summed E-state index contributed by atoms with van der Waals surface area (Å²) in [4.78, 5) is 13.0. The van der Waals surface area contributed by atoms with Crippen molar-refractivity contribution < 1.29 is 14.1 Å². The molecule has 4 aromatic rings. The van der Waals surface area contributed by atoms with Gasteiger partial charge in [0.15, 0.2) is 11.5 Å². The maximum Gasteiger partial charge on any atom is 0.279 e. The molecule has 0 fully saturated rings. The lowest BCUT2D eigenvalue weighted by atomic mass is 10.1. The van der Waals surface area contributed by atoms with Crippen LogP contribution in [-0.4, -0.2) is 20.8 Å². The summed E-state index contributed by atoms with van der Waals surface area (Å²) in [6.45, 7) is 10.6. The third kappa shape index (κ3) is 4.98. The number of hydrogen-bond donors (Lipinski definition) is 1. The predicted molar refractivity (Wildman–Crippen MR) is 127 cm³/mol. The molecule has 0 unspecified atom stereocenters. The van der Waals surface area contributed by atoms with Crippen molar-refractivity contribution in [2.75, 3.05) is 5.32 Å². The average molecular weight is 445 g/mol. The molecule has 0 aliphatic carbocycles. The molecule has 0 atom stereocenters. The van der Waals surface area contributed by atoms with E-state index in [1.807, 2.05) is 55.8 Å². The molecule has 170 valence electrons. The van der Waals surface area contributed by atoms with Gasteiger partial charge in [-0.15, -0.1) is 0 Å². The maximum absolute atomic E-state index is 13.0. The lowest BCUT2D eigenvalue weighted by Gasteiger charge is -2.10. The fourth-order valence-electron chi connectivity index (χ4n) is 3.71. The number of anilines is 1.